The van der Waals surface area contributed by atoms with Gasteiger partial charge in [0.15, 0.2) is 0 Å². The second-order valence-electron chi connectivity index (χ2n) is 10.9. The number of hydrogen-bond acceptors (Lipinski definition) is 2. The Morgan fingerprint density at radius 3 is 1.83 bits per heavy atom. The topological polar surface area (TPSA) is 3.24 Å². The minimum Gasteiger partial charge on any atom is -0.309 e. The zero-order valence-electron chi connectivity index (χ0n) is 22.8. The van der Waals surface area contributed by atoms with Crippen molar-refractivity contribution in [3.8, 4) is 0 Å². The molecule has 0 amide bonds. The third-order valence-electron chi connectivity index (χ3n) is 8.60. The molecule has 42 heavy (non-hydrogen) atoms. The summed E-state index contributed by atoms with van der Waals surface area (Å²) in [5, 5.41) is 12.7. The molecule has 0 radical (unpaired) electrons. The van der Waals surface area contributed by atoms with Gasteiger partial charge in [-0.2, -0.15) is 0 Å². The highest BCUT2D eigenvalue weighted by atomic mass is 32.1. The predicted molar refractivity (Wildman–Crippen MR) is 184 cm³/mol. The van der Waals surface area contributed by atoms with Gasteiger partial charge in [-0.1, -0.05) is 121 Å². The Balaban J connectivity index is 1.39. The molecule has 0 unspecified atom stereocenters. The molecule has 9 aromatic rings. The molecule has 1 heterocycles. The molecule has 0 aliphatic rings. The van der Waals surface area contributed by atoms with Crippen LogP contribution in [0.4, 0.5) is 17.1 Å². The SMILES string of the molecule is c1ccc2c(N(c3ccc4sc5c6ccccc6ccc5c4c3)c3cc4ccccc4c4ccccc34)cccc2c1. The smallest absolute Gasteiger partial charge is 0.0546 e. The molecule has 196 valence electrons. The zero-order chi connectivity index (χ0) is 27.6. The Bertz CT molecular complexity index is 2480. The lowest BCUT2D eigenvalue weighted by molar-refractivity contribution is 1.32. The van der Waals surface area contributed by atoms with E-state index < -0.39 is 0 Å². The van der Waals surface area contributed by atoms with Crippen LogP contribution < -0.4 is 4.90 Å². The summed E-state index contributed by atoms with van der Waals surface area (Å²) in [6, 6.07) is 55.6. The third-order valence-corrected chi connectivity index (χ3v) is 9.82. The van der Waals surface area contributed by atoms with E-state index in [1.165, 1.54) is 74.6 Å². The molecule has 0 aliphatic heterocycles. The molecule has 9 rings (SSSR count). The molecule has 0 N–H and O–H groups in total. The van der Waals surface area contributed by atoms with Crippen LogP contribution in [-0.4, -0.2) is 0 Å². The molecule has 2 heteroatoms. The van der Waals surface area contributed by atoms with Crippen molar-refractivity contribution in [2.75, 3.05) is 4.90 Å². The largest absolute Gasteiger partial charge is 0.309 e. The van der Waals surface area contributed by atoms with Crippen molar-refractivity contribution in [3.05, 3.63) is 152 Å². The molecule has 1 aromatic heterocycles. The van der Waals surface area contributed by atoms with Crippen molar-refractivity contribution in [3.63, 3.8) is 0 Å². The molecule has 0 bridgehead atoms. The second-order valence-corrected chi connectivity index (χ2v) is 12.0. The fraction of sp³-hybridized carbons (Fsp3) is 0. The maximum absolute atomic E-state index is 2.47. The lowest BCUT2D eigenvalue weighted by Gasteiger charge is -2.29. The highest BCUT2D eigenvalue weighted by Crippen LogP contribution is 2.46. The lowest BCUT2D eigenvalue weighted by Crippen LogP contribution is -2.11. The highest BCUT2D eigenvalue weighted by Gasteiger charge is 2.20. The molecule has 0 aliphatic carbocycles. The van der Waals surface area contributed by atoms with E-state index in [4.69, 9.17) is 0 Å². The van der Waals surface area contributed by atoms with Gasteiger partial charge in [0.05, 0.1) is 11.4 Å². The summed E-state index contributed by atoms with van der Waals surface area (Å²) in [4.78, 5) is 2.47. The van der Waals surface area contributed by atoms with Gasteiger partial charge >= 0.3 is 0 Å². The van der Waals surface area contributed by atoms with E-state index in [-0.39, 0.29) is 0 Å². The number of nitrogens with zero attached hydrogens (tertiary/aromatic N) is 1. The Morgan fingerprint density at radius 2 is 1.00 bits per heavy atom. The van der Waals surface area contributed by atoms with Crippen LogP contribution in [0.25, 0.3) is 63.3 Å². The summed E-state index contributed by atoms with van der Waals surface area (Å²) in [6.45, 7) is 0. The van der Waals surface area contributed by atoms with Crippen LogP contribution in [0.2, 0.25) is 0 Å². The Morgan fingerprint density at radius 1 is 0.357 bits per heavy atom. The van der Waals surface area contributed by atoms with Crippen molar-refractivity contribution < 1.29 is 0 Å². The Hall–Kier alpha value is -5.18. The van der Waals surface area contributed by atoms with E-state index in [2.05, 4.69) is 157 Å². The Kier molecular flexibility index (Phi) is 5.13. The van der Waals surface area contributed by atoms with Crippen LogP contribution in [0, 0.1) is 0 Å². The van der Waals surface area contributed by atoms with Crippen LogP contribution >= 0.6 is 11.3 Å². The summed E-state index contributed by atoms with van der Waals surface area (Å²) in [7, 11) is 0. The summed E-state index contributed by atoms with van der Waals surface area (Å²) < 4.78 is 2.67. The zero-order valence-corrected chi connectivity index (χ0v) is 23.6. The van der Waals surface area contributed by atoms with Crippen LogP contribution in [0.1, 0.15) is 0 Å². The van der Waals surface area contributed by atoms with Crippen molar-refractivity contribution in [2.45, 2.75) is 0 Å². The van der Waals surface area contributed by atoms with E-state index in [9.17, 15) is 0 Å². The van der Waals surface area contributed by atoms with Crippen molar-refractivity contribution >= 4 is 91.7 Å². The summed E-state index contributed by atoms with van der Waals surface area (Å²) in [6.07, 6.45) is 0. The molecular formula is C40H25NS. The molecule has 8 aromatic carbocycles. The number of thiophene rings is 1. The van der Waals surface area contributed by atoms with Gasteiger partial charge in [-0.05, 0) is 62.6 Å². The normalized spacial score (nSPS) is 11.8. The quantitative estimate of drug-likeness (QED) is 0.197. The van der Waals surface area contributed by atoms with Gasteiger partial charge in [-0.25, -0.2) is 0 Å². The number of benzene rings is 8. The first-order chi connectivity index (χ1) is 20.8. The van der Waals surface area contributed by atoms with Gasteiger partial charge in [0.25, 0.3) is 0 Å². The minimum atomic E-state index is 1.16. The van der Waals surface area contributed by atoms with Crippen molar-refractivity contribution in [2.24, 2.45) is 0 Å². The van der Waals surface area contributed by atoms with Gasteiger partial charge in [0.2, 0.25) is 0 Å². The number of hydrogen-bond donors (Lipinski definition) is 0. The van der Waals surface area contributed by atoms with Crippen LogP contribution in [-0.2, 0) is 0 Å². The van der Waals surface area contributed by atoms with Crippen molar-refractivity contribution in [1.29, 1.82) is 0 Å². The number of fused-ring (bicyclic) bond motifs is 9. The monoisotopic (exact) mass is 551 g/mol. The predicted octanol–water partition coefficient (Wildman–Crippen LogP) is 12.1. The van der Waals surface area contributed by atoms with E-state index >= 15 is 0 Å². The van der Waals surface area contributed by atoms with E-state index in [0.29, 0.717) is 0 Å². The number of rotatable bonds is 3. The lowest BCUT2D eigenvalue weighted by atomic mass is 9.98. The first-order valence-corrected chi connectivity index (χ1v) is 15.2. The fourth-order valence-electron chi connectivity index (χ4n) is 6.66. The van der Waals surface area contributed by atoms with Crippen LogP contribution in [0.15, 0.2) is 152 Å². The highest BCUT2D eigenvalue weighted by molar-refractivity contribution is 7.26. The average molecular weight is 552 g/mol. The van der Waals surface area contributed by atoms with Gasteiger partial charge < -0.3 is 4.90 Å². The van der Waals surface area contributed by atoms with E-state index in [0.717, 1.165) is 5.69 Å². The second kappa shape index (κ2) is 9.17. The van der Waals surface area contributed by atoms with Crippen molar-refractivity contribution in [1.82, 2.24) is 0 Å². The van der Waals surface area contributed by atoms with Gasteiger partial charge in [0.1, 0.15) is 0 Å². The number of anilines is 3. The summed E-state index contributed by atoms with van der Waals surface area (Å²) in [5.74, 6) is 0. The molecule has 0 saturated heterocycles. The Labute approximate surface area is 247 Å². The van der Waals surface area contributed by atoms with Crippen LogP contribution in [0.3, 0.4) is 0 Å². The fourth-order valence-corrected chi connectivity index (χ4v) is 7.88. The van der Waals surface area contributed by atoms with Gasteiger partial charge in [-0.3, -0.25) is 0 Å². The standard InChI is InChI=1S/C40H25NS/c1-5-15-31-26(10-1)13-9-19-37(31)41(38-24-28-12-3-4-14-30(28)33-17-7-8-18-34(33)38)29-21-23-39-36(25-29)35-22-20-27-11-2-6-16-32(27)40(35)42-39/h1-25H. The van der Waals surface area contributed by atoms with E-state index in [1.54, 1.807) is 0 Å². The first kappa shape index (κ1) is 23.5. The molecule has 0 fully saturated rings. The average Bonchev–Trinajstić information content (AvgIpc) is 3.44. The molecule has 0 spiro atoms. The van der Waals surface area contributed by atoms with Crippen LogP contribution in [0.5, 0.6) is 0 Å². The summed E-state index contributed by atoms with van der Waals surface area (Å²) >= 11 is 1.89. The third kappa shape index (κ3) is 3.49. The maximum atomic E-state index is 2.47. The molecule has 0 saturated carbocycles. The summed E-state index contributed by atoms with van der Waals surface area (Å²) in [5.41, 5.74) is 3.52. The molecular weight excluding hydrogens is 527 g/mol. The molecule has 0 atom stereocenters. The van der Waals surface area contributed by atoms with E-state index in [1.807, 2.05) is 11.3 Å². The van der Waals surface area contributed by atoms with Gasteiger partial charge in [-0.15, -0.1) is 11.3 Å². The van der Waals surface area contributed by atoms with Gasteiger partial charge in [0, 0.05) is 36.6 Å². The molecule has 1 nitrogen and oxygen atoms in total. The first-order valence-electron chi connectivity index (χ1n) is 14.4. The maximum Gasteiger partial charge on any atom is 0.0546 e. The minimum absolute atomic E-state index is 1.16.